The van der Waals surface area contributed by atoms with Gasteiger partial charge in [-0.15, -0.1) is 0 Å². The van der Waals surface area contributed by atoms with Gasteiger partial charge >= 0.3 is 0 Å². The molecule has 0 unspecified atom stereocenters. The summed E-state index contributed by atoms with van der Waals surface area (Å²) in [6.45, 7) is 10.3. The van der Waals surface area contributed by atoms with Crippen LogP contribution < -0.4 is 10.6 Å². The number of hydrogen-bond acceptors (Lipinski definition) is 4. The average Bonchev–Trinajstić information content (AvgIpc) is 2.46. The van der Waals surface area contributed by atoms with Crippen molar-refractivity contribution < 1.29 is 4.79 Å². The molecule has 2 N–H and O–H groups in total. The van der Waals surface area contributed by atoms with E-state index >= 15 is 0 Å². The molecular formula is C18H24N4O. The lowest BCUT2D eigenvalue weighted by molar-refractivity contribution is 0.0938. The van der Waals surface area contributed by atoms with Crippen molar-refractivity contribution in [2.45, 2.75) is 46.1 Å². The molecule has 5 heteroatoms. The van der Waals surface area contributed by atoms with E-state index < -0.39 is 0 Å². The minimum Gasteiger partial charge on any atom is -0.349 e. The summed E-state index contributed by atoms with van der Waals surface area (Å²) in [4.78, 5) is 20.6. The predicted octanol–water partition coefficient (Wildman–Crippen LogP) is 3.66. The Morgan fingerprint density at radius 3 is 2.48 bits per heavy atom. The number of amides is 1. The average molecular weight is 312 g/mol. The van der Waals surface area contributed by atoms with Crippen molar-refractivity contribution in [1.29, 1.82) is 0 Å². The Bertz CT molecular complexity index is 689. The monoisotopic (exact) mass is 312 g/mol. The van der Waals surface area contributed by atoms with Crippen LogP contribution in [0.5, 0.6) is 0 Å². The van der Waals surface area contributed by atoms with E-state index in [1.807, 2.05) is 32.0 Å². The summed E-state index contributed by atoms with van der Waals surface area (Å²) in [5, 5.41) is 6.05. The van der Waals surface area contributed by atoms with Crippen LogP contribution in [0, 0.1) is 0 Å². The van der Waals surface area contributed by atoms with Crippen LogP contribution in [-0.4, -0.2) is 21.9 Å². The van der Waals surface area contributed by atoms with Crippen LogP contribution in [0.3, 0.4) is 0 Å². The maximum atomic E-state index is 12.1. The second-order valence-corrected chi connectivity index (χ2v) is 6.81. The van der Waals surface area contributed by atoms with Gasteiger partial charge in [0.2, 0.25) is 5.95 Å². The highest BCUT2D eigenvalue weighted by Gasteiger charge is 2.18. The molecule has 0 aliphatic heterocycles. The van der Waals surface area contributed by atoms with Crippen LogP contribution >= 0.6 is 0 Å². The number of benzene rings is 1. The van der Waals surface area contributed by atoms with Crippen molar-refractivity contribution in [3.8, 4) is 0 Å². The van der Waals surface area contributed by atoms with Crippen LogP contribution in [0.15, 0.2) is 36.5 Å². The molecule has 2 rings (SSSR count). The van der Waals surface area contributed by atoms with Gasteiger partial charge in [-0.1, -0.05) is 39.0 Å². The molecular weight excluding hydrogens is 288 g/mol. The van der Waals surface area contributed by atoms with Gasteiger partial charge in [-0.25, -0.2) is 9.97 Å². The fourth-order valence-electron chi connectivity index (χ4n) is 2.25. The molecule has 0 spiro atoms. The fraction of sp³-hybridized carbons (Fsp3) is 0.389. The summed E-state index contributed by atoms with van der Waals surface area (Å²) in [6.07, 6.45) is 1.59. The number of nitrogens with one attached hydrogen (secondary N) is 2. The number of carbonyl (C=O) groups excluding carboxylic acids is 1. The molecule has 0 saturated carbocycles. The number of nitrogens with zero attached hydrogens (tertiary/aromatic N) is 2. The largest absolute Gasteiger partial charge is 0.349 e. The van der Waals surface area contributed by atoms with Crippen molar-refractivity contribution in [1.82, 2.24) is 15.3 Å². The summed E-state index contributed by atoms with van der Waals surface area (Å²) in [6, 6.07) is 9.73. The Kier molecular flexibility index (Phi) is 4.98. The highest BCUT2D eigenvalue weighted by atomic mass is 16.1. The van der Waals surface area contributed by atoms with Gasteiger partial charge in [0.15, 0.2) is 0 Å². The van der Waals surface area contributed by atoms with Gasteiger partial charge in [0.1, 0.15) is 5.69 Å². The third kappa shape index (κ3) is 4.52. The van der Waals surface area contributed by atoms with Crippen LogP contribution in [-0.2, 0) is 5.41 Å². The van der Waals surface area contributed by atoms with Gasteiger partial charge in [-0.05, 0) is 37.0 Å². The molecule has 5 nitrogen and oxygen atoms in total. The molecule has 1 heterocycles. The van der Waals surface area contributed by atoms with Gasteiger partial charge in [0.05, 0.1) is 0 Å². The Hall–Kier alpha value is -2.43. The van der Waals surface area contributed by atoms with E-state index in [4.69, 9.17) is 0 Å². The smallest absolute Gasteiger partial charge is 0.270 e. The van der Waals surface area contributed by atoms with Crippen LogP contribution in [0.2, 0.25) is 0 Å². The van der Waals surface area contributed by atoms with Crippen molar-refractivity contribution in [2.24, 2.45) is 0 Å². The zero-order chi connectivity index (χ0) is 17.0. The van der Waals surface area contributed by atoms with Crippen LogP contribution in [0.4, 0.5) is 11.6 Å². The minimum atomic E-state index is -0.199. The van der Waals surface area contributed by atoms with E-state index in [9.17, 15) is 4.79 Å². The zero-order valence-corrected chi connectivity index (χ0v) is 14.3. The summed E-state index contributed by atoms with van der Waals surface area (Å²) in [5.74, 6) is 0.215. The van der Waals surface area contributed by atoms with Gasteiger partial charge in [-0.3, -0.25) is 4.79 Å². The van der Waals surface area contributed by atoms with Gasteiger partial charge in [0, 0.05) is 17.9 Å². The van der Waals surface area contributed by atoms with Crippen molar-refractivity contribution in [2.75, 3.05) is 5.32 Å². The predicted molar refractivity (Wildman–Crippen MR) is 93.1 cm³/mol. The van der Waals surface area contributed by atoms with Crippen molar-refractivity contribution >= 4 is 17.5 Å². The van der Waals surface area contributed by atoms with E-state index in [-0.39, 0.29) is 17.4 Å². The molecule has 0 saturated heterocycles. The van der Waals surface area contributed by atoms with Gasteiger partial charge in [0.25, 0.3) is 5.91 Å². The maximum absolute atomic E-state index is 12.1. The lowest BCUT2D eigenvalue weighted by atomic mass is 9.86. The highest BCUT2D eigenvalue weighted by Crippen LogP contribution is 2.30. The first kappa shape index (κ1) is 16.9. The molecule has 0 aliphatic carbocycles. The summed E-state index contributed by atoms with van der Waals surface area (Å²) < 4.78 is 0. The van der Waals surface area contributed by atoms with Crippen molar-refractivity contribution in [3.05, 3.63) is 47.8 Å². The first-order chi connectivity index (χ1) is 10.8. The van der Waals surface area contributed by atoms with E-state index in [1.54, 1.807) is 12.3 Å². The quantitative estimate of drug-likeness (QED) is 0.904. The second-order valence-electron chi connectivity index (χ2n) is 6.81. The molecule has 23 heavy (non-hydrogen) atoms. The minimum absolute atomic E-state index is 0.00375. The van der Waals surface area contributed by atoms with Crippen LogP contribution in [0.25, 0.3) is 0 Å². The van der Waals surface area contributed by atoms with Gasteiger partial charge in [-0.2, -0.15) is 0 Å². The van der Waals surface area contributed by atoms with Crippen LogP contribution in [0.1, 0.15) is 50.7 Å². The Balaban J connectivity index is 2.27. The number of aromatic nitrogens is 2. The molecule has 1 aromatic heterocycles. The van der Waals surface area contributed by atoms with Crippen molar-refractivity contribution in [3.63, 3.8) is 0 Å². The Labute approximate surface area is 137 Å². The van der Waals surface area contributed by atoms with E-state index in [2.05, 4.69) is 47.4 Å². The number of rotatable bonds is 4. The summed E-state index contributed by atoms with van der Waals surface area (Å²) >= 11 is 0. The first-order valence-electron chi connectivity index (χ1n) is 7.78. The fourth-order valence-corrected chi connectivity index (χ4v) is 2.25. The molecule has 0 aliphatic rings. The zero-order valence-electron chi connectivity index (χ0n) is 14.3. The van der Waals surface area contributed by atoms with E-state index in [0.717, 1.165) is 5.69 Å². The lowest BCUT2D eigenvalue weighted by Crippen LogP contribution is -2.30. The SMILES string of the molecule is CC(C)NC(=O)c1ccnc(Nc2ccccc2C(C)(C)C)n1. The Morgan fingerprint density at radius 2 is 1.83 bits per heavy atom. The number of carbonyl (C=O) groups is 1. The van der Waals surface area contributed by atoms with Gasteiger partial charge < -0.3 is 10.6 Å². The third-order valence-corrected chi connectivity index (χ3v) is 3.29. The molecule has 0 fully saturated rings. The topological polar surface area (TPSA) is 66.9 Å². The number of para-hydroxylation sites is 1. The number of hydrogen-bond donors (Lipinski definition) is 2. The molecule has 122 valence electrons. The maximum Gasteiger partial charge on any atom is 0.270 e. The normalized spacial score (nSPS) is 11.4. The first-order valence-corrected chi connectivity index (χ1v) is 7.78. The van der Waals surface area contributed by atoms with E-state index in [1.165, 1.54) is 5.56 Å². The second kappa shape index (κ2) is 6.77. The lowest BCUT2D eigenvalue weighted by Gasteiger charge is -2.23. The molecule has 1 aromatic carbocycles. The summed E-state index contributed by atoms with van der Waals surface area (Å²) in [7, 11) is 0. The summed E-state index contributed by atoms with van der Waals surface area (Å²) in [5.41, 5.74) is 2.46. The molecule has 2 aromatic rings. The highest BCUT2D eigenvalue weighted by molar-refractivity contribution is 5.92. The Morgan fingerprint density at radius 1 is 1.13 bits per heavy atom. The standard InChI is InChI=1S/C18H24N4O/c1-12(2)20-16(23)15-10-11-19-17(22-15)21-14-9-7-6-8-13(14)18(3,4)5/h6-12H,1-5H3,(H,20,23)(H,19,21,22). The third-order valence-electron chi connectivity index (χ3n) is 3.29. The molecule has 0 radical (unpaired) electrons. The molecule has 1 amide bonds. The number of anilines is 2. The molecule has 0 bridgehead atoms. The molecule has 0 atom stereocenters. The van der Waals surface area contributed by atoms with E-state index in [0.29, 0.717) is 11.6 Å².